The van der Waals surface area contributed by atoms with Crippen LogP contribution in [0.1, 0.15) is 24.8 Å². The fourth-order valence-electron chi connectivity index (χ4n) is 4.82. The van der Waals surface area contributed by atoms with Crippen LogP contribution in [-0.2, 0) is 4.74 Å². The van der Waals surface area contributed by atoms with Gasteiger partial charge in [-0.2, -0.15) is 0 Å². The van der Waals surface area contributed by atoms with Gasteiger partial charge in [-0.3, -0.25) is 0 Å². The average molecular weight is 448 g/mol. The molecule has 1 aliphatic rings. The van der Waals surface area contributed by atoms with Crippen molar-refractivity contribution >= 4 is 23.2 Å². The first-order chi connectivity index (χ1) is 16.4. The molecular weight excluding hydrogens is 419 g/mol. The van der Waals surface area contributed by atoms with Crippen LogP contribution in [0.2, 0.25) is 0 Å². The van der Waals surface area contributed by atoms with E-state index in [1.165, 1.54) is 15.9 Å². The van der Waals surface area contributed by atoms with Gasteiger partial charge in [0.2, 0.25) is 0 Å². The van der Waals surface area contributed by atoms with Gasteiger partial charge in [0.25, 0.3) is 0 Å². The summed E-state index contributed by atoms with van der Waals surface area (Å²) in [6, 6.07) is 43.2. The van der Waals surface area contributed by atoms with Crippen LogP contribution >= 0.6 is 7.26 Å². The van der Waals surface area contributed by atoms with E-state index >= 15 is 0 Å². The van der Waals surface area contributed by atoms with Gasteiger partial charge in [0.15, 0.2) is 5.85 Å². The van der Waals surface area contributed by atoms with Gasteiger partial charge in [0.05, 0.1) is 0 Å². The van der Waals surface area contributed by atoms with E-state index in [1.54, 1.807) is 0 Å². The van der Waals surface area contributed by atoms with Crippen LogP contribution < -0.4 is 15.9 Å². The Bertz CT molecular complexity index is 1110. The SMILES string of the molecule is C(#CC1CCCC([P+](c2ccccc2)(c2ccccc2)c2ccccc2)O1)c1ccccc1. The number of hydrogen-bond donors (Lipinski definition) is 0. The normalized spacial score (nSPS) is 18.2. The highest BCUT2D eigenvalue weighted by molar-refractivity contribution is 7.96. The van der Waals surface area contributed by atoms with E-state index in [1.807, 2.05) is 18.2 Å². The standard InChI is InChI=1S/C31H28OP/c1-5-14-26(15-6-1)24-25-27-16-13-23-31(32-27)33(28-17-7-2-8-18-28,29-19-9-3-10-20-29)30-21-11-4-12-22-30/h1-12,14-15,17-22,27,31H,13,16,23H2/q+1. The van der Waals surface area contributed by atoms with Crippen molar-refractivity contribution in [2.75, 3.05) is 0 Å². The van der Waals surface area contributed by atoms with E-state index in [4.69, 9.17) is 4.74 Å². The summed E-state index contributed by atoms with van der Waals surface area (Å²) in [5, 5.41) is 4.09. The Morgan fingerprint density at radius 3 is 1.52 bits per heavy atom. The van der Waals surface area contributed by atoms with Gasteiger partial charge in [-0.1, -0.05) is 84.6 Å². The van der Waals surface area contributed by atoms with Crippen LogP contribution in [0.3, 0.4) is 0 Å². The van der Waals surface area contributed by atoms with Gasteiger partial charge in [0.1, 0.15) is 29.3 Å². The Hall–Kier alpha value is -3.17. The summed E-state index contributed by atoms with van der Waals surface area (Å²) in [5.74, 6) is 6.87. The van der Waals surface area contributed by atoms with Crippen LogP contribution in [0, 0.1) is 11.8 Å². The average Bonchev–Trinajstić information content (AvgIpc) is 2.91. The predicted octanol–water partition coefficient (Wildman–Crippen LogP) is 5.93. The first-order valence-electron chi connectivity index (χ1n) is 11.6. The summed E-state index contributed by atoms with van der Waals surface area (Å²) in [4.78, 5) is 0. The molecule has 1 fully saturated rings. The molecule has 162 valence electrons. The topological polar surface area (TPSA) is 9.23 Å². The molecule has 33 heavy (non-hydrogen) atoms. The monoisotopic (exact) mass is 447 g/mol. The Morgan fingerprint density at radius 2 is 1.03 bits per heavy atom. The fraction of sp³-hybridized carbons (Fsp3) is 0.161. The number of ether oxygens (including phenoxy) is 1. The quantitative estimate of drug-likeness (QED) is 0.278. The van der Waals surface area contributed by atoms with Gasteiger partial charge in [0, 0.05) is 12.0 Å². The maximum absolute atomic E-state index is 6.91. The number of hydrogen-bond acceptors (Lipinski definition) is 1. The molecule has 0 radical (unpaired) electrons. The Labute approximate surface area is 197 Å². The van der Waals surface area contributed by atoms with Crippen molar-refractivity contribution in [3.8, 4) is 11.8 Å². The van der Waals surface area contributed by atoms with E-state index in [0.717, 1.165) is 24.8 Å². The Kier molecular flexibility index (Phi) is 6.68. The molecule has 2 unspecified atom stereocenters. The molecule has 1 aliphatic heterocycles. The summed E-state index contributed by atoms with van der Waals surface area (Å²) < 4.78 is 6.91. The van der Waals surface area contributed by atoms with E-state index in [-0.39, 0.29) is 11.9 Å². The van der Waals surface area contributed by atoms with E-state index in [2.05, 4.69) is 115 Å². The lowest BCUT2D eigenvalue weighted by atomic mass is 10.1. The van der Waals surface area contributed by atoms with Crippen LogP contribution in [0.5, 0.6) is 0 Å². The highest BCUT2D eigenvalue weighted by Crippen LogP contribution is 2.62. The second-order valence-corrected chi connectivity index (χ2v) is 11.9. The minimum absolute atomic E-state index is 0.0560. The maximum Gasteiger partial charge on any atom is 0.182 e. The number of rotatable bonds is 4. The van der Waals surface area contributed by atoms with Crippen LogP contribution in [0.25, 0.3) is 0 Å². The molecule has 1 heterocycles. The molecule has 0 amide bonds. The lowest BCUT2D eigenvalue weighted by Gasteiger charge is -2.37. The van der Waals surface area contributed by atoms with Crippen molar-refractivity contribution in [1.29, 1.82) is 0 Å². The smallest absolute Gasteiger partial charge is 0.182 e. The Morgan fingerprint density at radius 1 is 0.576 bits per heavy atom. The van der Waals surface area contributed by atoms with Crippen molar-refractivity contribution in [2.24, 2.45) is 0 Å². The van der Waals surface area contributed by atoms with Gasteiger partial charge in [-0.05, 0) is 61.4 Å². The van der Waals surface area contributed by atoms with E-state index in [0.29, 0.717) is 0 Å². The molecule has 0 N–H and O–H groups in total. The molecule has 0 saturated carbocycles. The summed E-state index contributed by atoms with van der Waals surface area (Å²) in [6.45, 7) is 0. The molecule has 0 aromatic heterocycles. The molecule has 4 aromatic carbocycles. The highest BCUT2D eigenvalue weighted by Gasteiger charge is 2.54. The summed E-state index contributed by atoms with van der Waals surface area (Å²) >= 11 is 0. The third-order valence-electron chi connectivity index (χ3n) is 6.31. The van der Waals surface area contributed by atoms with Crippen molar-refractivity contribution in [3.05, 3.63) is 127 Å². The maximum atomic E-state index is 6.91. The zero-order chi connectivity index (χ0) is 22.3. The molecule has 2 heteroatoms. The van der Waals surface area contributed by atoms with Crippen LogP contribution in [0.4, 0.5) is 0 Å². The molecule has 1 saturated heterocycles. The molecule has 4 aromatic rings. The minimum Gasteiger partial charge on any atom is -0.327 e. The van der Waals surface area contributed by atoms with E-state index < -0.39 is 7.26 Å². The minimum atomic E-state index is -2.05. The third kappa shape index (κ3) is 4.51. The predicted molar refractivity (Wildman–Crippen MR) is 141 cm³/mol. The zero-order valence-corrected chi connectivity index (χ0v) is 19.6. The molecule has 1 nitrogen and oxygen atoms in total. The lowest BCUT2D eigenvalue weighted by molar-refractivity contribution is 0.0272. The second kappa shape index (κ2) is 10.2. The first kappa shape index (κ1) is 21.7. The van der Waals surface area contributed by atoms with Gasteiger partial charge < -0.3 is 4.74 Å². The molecular formula is C31H28OP+. The molecule has 5 rings (SSSR count). The molecule has 2 atom stereocenters. The first-order valence-corrected chi connectivity index (χ1v) is 13.5. The highest BCUT2D eigenvalue weighted by atomic mass is 31.2. The van der Waals surface area contributed by atoms with Crippen LogP contribution in [-0.4, -0.2) is 11.9 Å². The van der Waals surface area contributed by atoms with Crippen molar-refractivity contribution < 1.29 is 4.74 Å². The largest absolute Gasteiger partial charge is 0.327 e. The third-order valence-corrected chi connectivity index (χ3v) is 10.9. The van der Waals surface area contributed by atoms with Crippen molar-refractivity contribution in [2.45, 2.75) is 31.2 Å². The zero-order valence-electron chi connectivity index (χ0n) is 18.7. The lowest BCUT2D eigenvalue weighted by Crippen LogP contribution is -2.43. The molecule has 0 bridgehead atoms. The summed E-state index contributed by atoms with van der Waals surface area (Å²) in [7, 11) is -2.05. The molecule has 0 spiro atoms. The summed E-state index contributed by atoms with van der Waals surface area (Å²) in [5.41, 5.74) is 1.04. The fourth-order valence-corrected chi connectivity index (χ4v) is 9.53. The van der Waals surface area contributed by atoms with Gasteiger partial charge in [-0.25, -0.2) is 0 Å². The van der Waals surface area contributed by atoms with Gasteiger partial charge >= 0.3 is 0 Å². The van der Waals surface area contributed by atoms with Crippen molar-refractivity contribution in [3.63, 3.8) is 0 Å². The van der Waals surface area contributed by atoms with Crippen molar-refractivity contribution in [1.82, 2.24) is 0 Å². The number of benzene rings is 4. The second-order valence-electron chi connectivity index (χ2n) is 8.37. The van der Waals surface area contributed by atoms with Gasteiger partial charge in [-0.15, -0.1) is 0 Å². The summed E-state index contributed by atoms with van der Waals surface area (Å²) in [6.07, 6.45) is 3.08. The Balaban J connectivity index is 1.62. The van der Waals surface area contributed by atoms with Crippen LogP contribution in [0.15, 0.2) is 121 Å². The molecule has 0 aliphatic carbocycles. The van der Waals surface area contributed by atoms with E-state index in [9.17, 15) is 0 Å².